The van der Waals surface area contributed by atoms with Gasteiger partial charge in [0, 0.05) is 18.3 Å². The van der Waals surface area contributed by atoms with Crippen LogP contribution in [0, 0.1) is 6.92 Å². The molecule has 4 heteroatoms. The van der Waals surface area contributed by atoms with E-state index in [0.717, 1.165) is 17.1 Å². The summed E-state index contributed by atoms with van der Waals surface area (Å²) in [6.07, 6.45) is 6.03. The van der Waals surface area contributed by atoms with Gasteiger partial charge in [-0.25, -0.2) is 9.78 Å². The van der Waals surface area contributed by atoms with Crippen molar-refractivity contribution in [2.75, 3.05) is 0 Å². The molecule has 0 saturated heterocycles. The molecule has 1 fully saturated rings. The number of carboxylic acid groups (broad SMARTS) is 1. The van der Waals surface area contributed by atoms with Gasteiger partial charge in [0.2, 0.25) is 0 Å². The molecule has 1 aromatic heterocycles. The largest absolute Gasteiger partial charge is 0.478 e. The Labute approximate surface area is 105 Å². The van der Waals surface area contributed by atoms with Gasteiger partial charge < -0.3 is 9.67 Å². The van der Waals surface area contributed by atoms with Crippen molar-refractivity contribution in [1.29, 1.82) is 0 Å². The summed E-state index contributed by atoms with van der Waals surface area (Å²) >= 11 is 0. The monoisotopic (exact) mass is 242 g/mol. The van der Waals surface area contributed by atoms with Crippen LogP contribution in [0.25, 0.3) is 5.69 Å². The molecule has 3 rings (SSSR count). The van der Waals surface area contributed by atoms with Crippen LogP contribution in [0.3, 0.4) is 0 Å². The first-order valence-corrected chi connectivity index (χ1v) is 6.04. The molecule has 4 nitrogen and oxygen atoms in total. The second kappa shape index (κ2) is 3.98. The number of carbonyl (C=O) groups is 1. The first kappa shape index (κ1) is 11.0. The number of carboxylic acids is 1. The zero-order valence-corrected chi connectivity index (χ0v) is 10.1. The van der Waals surface area contributed by atoms with E-state index in [1.165, 1.54) is 12.8 Å². The van der Waals surface area contributed by atoms with E-state index in [9.17, 15) is 4.79 Å². The van der Waals surface area contributed by atoms with Crippen LogP contribution in [0.15, 0.2) is 30.6 Å². The maximum atomic E-state index is 11.0. The van der Waals surface area contributed by atoms with Crippen LogP contribution < -0.4 is 0 Å². The smallest absolute Gasteiger partial charge is 0.335 e. The minimum atomic E-state index is -0.899. The van der Waals surface area contributed by atoms with Crippen molar-refractivity contribution in [3.63, 3.8) is 0 Å². The lowest BCUT2D eigenvalue weighted by Crippen LogP contribution is -2.04. The molecule has 0 atom stereocenters. The minimum absolute atomic E-state index is 0.311. The van der Waals surface area contributed by atoms with Crippen molar-refractivity contribution in [2.24, 2.45) is 0 Å². The fourth-order valence-corrected chi connectivity index (χ4v) is 2.16. The zero-order chi connectivity index (χ0) is 12.7. The molecule has 1 heterocycles. The SMILES string of the molecule is Cc1ccc(C(=O)O)cc1-n1ccnc1C1CC1. The molecular formula is C14H14N2O2. The molecule has 0 aliphatic heterocycles. The summed E-state index contributed by atoms with van der Waals surface area (Å²) in [5.41, 5.74) is 2.28. The Morgan fingerprint density at radius 1 is 1.44 bits per heavy atom. The molecule has 0 bridgehead atoms. The van der Waals surface area contributed by atoms with Crippen LogP contribution in [0.4, 0.5) is 0 Å². The van der Waals surface area contributed by atoms with Crippen LogP contribution in [-0.4, -0.2) is 20.6 Å². The van der Waals surface area contributed by atoms with Crippen molar-refractivity contribution in [3.8, 4) is 5.69 Å². The van der Waals surface area contributed by atoms with Crippen molar-refractivity contribution in [3.05, 3.63) is 47.5 Å². The molecule has 2 aromatic rings. The van der Waals surface area contributed by atoms with Crippen molar-refractivity contribution in [1.82, 2.24) is 9.55 Å². The topological polar surface area (TPSA) is 55.1 Å². The number of aryl methyl sites for hydroxylation is 1. The summed E-state index contributed by atoms with van der Waals surface area (Å²) in [5, 5.41) is 9.06. The Balaban J connectivity index is 2.12. The molecular weight excluding hydrogens is 228 g/mol. The van der Waals surface area contributed by atoms with Gasteiger partial charge in [0.25, 0.3) is 0 Å². The molecule has 1 aliphatic carbocycles. The van der Waals surface area contributed by atoms with E-state index >= 15 is 0 Å². The summed E-state index contributed by atoms with van der Waals surface area (Å²) in [7, 11) is 0. The normalized spacial score (nSPS) is 14.7. The van der Waals surface area contributed by atoms with Crippen LogP contribution >= 0.6 is 0 Å². The Morgan fingerprint density at radius 2 is 2.22 bits per heavy atom. The number of rotatable bonds is 3. The summed E-state index contributed by atoms with van der Waals surface area (Å²) in [6.45, 7) is 1.98. The van der Waals surface area contributed by atoms with E-state index in [-0.39, 0.29) is 0 Å². The molecule has 0 spiro atoms. The van der Waals surface area contributed by atoms with Gasteiger partial charge in [-0.3, -0.25) is 0 Å². The number of benzene rings is 1. The average Bonchev–Trinajstić information content (AvgIpc) is 3.08. The average molecular weight is 242 g/mol. The number of hydrogen-bond acceptors (Lipinski definition) is 2. The van der Waals surface area contributed by atoms with Gasteiger partial charge in [-0.05, 0) is 37.5 Å². The van der Waals surface area contributed by atoms with Gasteiger partial charge in [0.15, 0.2) is 0 Å². The molecule has 0 amide bonds. The summed E-state index contributed by atoms with van der Waals surface area (Å²) in [6, 6.07) is 5.19. The van der Waals surface area contributed by atoms with Crippen molar-refractivity contribution >= 4 is 5.97 Å². The van der Waals surface area contributed by atoms with Gasteiger partial charge in [0.05, 0.1) is 11.3 Å². The van der Waals surface area contributed by atoms with Gasteiger partial charge >= 0.3 is 5.97 Å². The fourth-order valence-electron chi connectivity index (χ4n) is 2.16. The quantitative estimate of drug-likeness (QED) is 0.900. The zero-order valence-electron chi connectivity index (χ0n) is 10.1. The predicted octanol–water partition coefficient (Wildman–Crippen LogP) is 2.76. The van der Waals surface area contributed by atoms with Gasteiger partial charge in [-0.2, -0.15) is 0 Å². The first-order valence-electron chi connectivity index (χ1n) is 6.04. The van der Waals surface area contributed by atoms with Gasteiger partial charge in [-0.1, -0.05) is 6.07 Å². The van der Waals surface area contributed by atoms with Crippen molar-refractivity contribution in [2.45, 2.75) is 25.7 Å². The van der Waals surface area contributed by atoms with E-state index in [1.54, 1.807) is 18.3 Å². The fraction of sp³-hybridized carbons (Fsp3) is 0.286. The summed E-state index contributed by atoms with van der Waals surface area (Å²) in [5.74, 6) is 0.679. The molecule has 1 saturated carbocycles. The van der Waals surface area contributed by atoms with Crippen LogP contribution in [-0.2, 0) is 0 Å². The van der Waals surface area contributed by atoms with E-state index in [2.05, 4.69) is 4.98 Å². The maximum absolute atomic E-state index is 11.0. The van der Waals surface area contributed by atoms with E-state index in [1.807, 2.05) is 23.8 Å². The summed E-state index contributed by atoms with van der Waals surface area (Å²) < 4.78 is 2.01. The maximum Gasteiger partial charge on any atom is 0.335 e. The lowest BCUT2D eigenvalue weighted by Gasteiger charge is -2.11. The molecule has 0 unspecified atom stereocenters. The summed E-state index contributed by atoms with van der Waals surface area (Å²) in [4.78, 5) is 15.4. The Bertz CT molecular complexity index is 612. The number of imidazole rings is 1. The molecule has 92 valence electrons. The van der Waals surface area contributed by atoms with Crippen LogP contribution in [0.1, 0.15) is 40.5 Å². The highest BCUT2D eigenvalue weighted by Crippen LogP contribution is 2.40. The molecule has 1 aliphatic rings. The highest BCUT2D eigenvalue weighted by Gasteiger charge is 2.28. The van der Waals surface area contributed by atoms with Gasteiger partial charge in [0.1, 0.15) is 5.82 Å². The van der Waals surface area contributed by atoms with Gasteiger partial charge in [-0.15, -0.1) is 0 Å². The second-order valence-corrected chi connectivity index (χ2v) is 4.74. The van der Waals surface area contributed by atoms with E-state index in [0.29, 0.717) is 11.5 Å². The number of aromatic carboxylic acids is 1. The lowest BCUT2D eigenvalue weighted by atomic mass is 10.1. The number of aromatic nitrogens is 2. The third kappa shape index (κ3) is 1.79. The highest BCUT2D eigenvalue weighted by molar-refractivity contribution is 5.88. The van der Waals surface area contributed by atoms with E-state index < -0.39 is 5.97 Å². The number of nitrogens with zero attached hydrogens (tertiary/aromatic N) is 2. The van der Waals surface area contributed by atoms with Crippen LogP contribution in [0.5, 0.6) is 0 Å². The molecule has 0 radical (unpaired) electrons. The standard InChI is InChI=1S/C14H14N2O2/c1-9-2-3-11(14(17)18)8-12(9)16-7-6-15-13(16)10-4-5-10/h2-3,6-8,10H,4-5H2,1H3,(H,17,18). The minimum Gasteiger partial charge on any atom is -0.478 e. The number of hydrogen-bond donors (Lipinski definition) is 1. The molecule has 1 N–H and O–H groups in total. The molecule has 1 aromatic carbocycles. The third-order valence-corrected chi connectivity index (χ3v) is 3.33. The first-order chi connectivity index (χ1) is 8.66. The Kier molecular flexibility index (Phi) is 2.44. The van der Waals surface area contributed by atoms with Crippen LogP contribution in [0.2, 0.25) is 0 Å². The van der Waals surface area contributed by atoms with E-state index in [4.69, 9.17) is 5.11 Å². The Hall–Kier alpha value is -2.10. The third-order valence-electron chi connectivity index (χ3n) is 3.33. The second-order valence-electron chi connectivity index (χ2n) is 4.74. The highest BCUT2D eigenvalue weighted by atomic mass is 16.4. The predicted molar refractivity (Wildman–Crippen MR) is 67.2 cm³/mol. The lowest BCUT2D eigenvalue weighted by molar-refractivity contribution is 0.0697. The molecule has 18 heavy (non-hydrogen) atoms. The Morgan fingerprint density at radius 3 is 2.89 bits per heavy atom. The van der Waals surface area contributed by atoms with Crippen molar-refractivity contribution < 1.29 is 9.90 Å².